The Morgan fingerprint density at radius 2 is 2.08 bits per heavy atom. The average Bonchev–Trinajstić information content (AvgIpc) is 2.99. The third-order valence-electron chi connectivity index (χ3n) is 4.57. The van der Waals surface area contributed by atoms with Gasteiger partial charge in [0.05, 0.1) is 6.54 Å². The summed E-state index contributed by atoms with van der Waals surface area (Å²) in [6, 6.07) is -0.627. The van der Waals surface area contributed by atoms with E-state index in [2.05, 4.69) is 36.4 Å². The smallest absolute Gasteiger partial charge is 0.315 e. The number of hydrogen-bond acceptors (Lipinski definition) is 3. The topological polar surface area (TPSA) is 79.3 Å². The number of hydrogen-bond donors (Lipinski definition) is 2. The number of rotatable bonds is 6. The number of nitrogens with zero attached hydrogens (tertiary/aromatic N) is 3. The van der Waals surface area contributed by atoms with Crippen LogP contribution in [-0.4, -0.2) is 45.0 Å². The Balaban J connectivity index is 1.81. The number of imidazole rings is 1. The van der Waals surface area contributed by atoms with Gasteiger partial charge in [0.2, 0.25) is 5.91 Å². The summed E-state index contributed by atoms with van der Waals surface area (Å²) in [5.41, 5.74) is 0. The molecular weight excluding hydrogens is 318 g/mol. The van der Waals surface area contributed by atoms with Crippen LogP contribution in [0.5, 0.6) is 0 Å². The minimum absolute atomic E-state index is 0.0105. The summed E-state index contributed by atoms with van der Waals surface area (Å²) >= 11 is 0. The molecule has 0 bridgehead atoms. The standard InChI is InChI=1S/C18H31N5O2/c1-13(2)12-22-10-8-19-16(22)11-20-18(25)21-15(4)17(24)23-9-6-5-7-14(23)3/h8,10,13-15H,5-7,9,11-12H2,1-4H3,(H2,20,21,25)/t14-,15-/m1/s1. The predicted molar refractivity (Wildman–Crippen MR) is 96.9 cm³/mol. The molecule has 1 aliphatic heterocycles. The molecular formula is C18H31N5O2. The summed E-state index contributed by atoms with van der Waals surface area (Å²) < 4.78 is 2.04. The molecule has 0 aliphatic carbocycles. The van der Waals surface area contributed by atoms with Crippen molar-refractivity contribution >= 4 is 11.9 Å². The van der Waals surface area contributed by atoms with Crippen molar-refractivity contribution in [2.75, 3.05) is 6.54 Å². The quantitative estimate of drug-likeness (QED) is 0.826. The molecule has 1 saturated heterocycles. The summed E-state index contributed by atoms with van der Waals surface area (Å²) in [5.74, 6) is 1.31. The number of urea groups is 1. The van der Waals surface area contributed by atoms with E-state index in [9.17, 15) is 9.59 Å². The van der Waals surface area contributed by atoms with Gasteiger partial charge in [-0.1, -0.05) is 13.8 Å². The molecule has 3 amide bonds. The zero-order chi connectivity index (χ0) is 18.4. The summed E-state index contributed by atoms with van der Waals surface area (Å²) in [4.78, 5) is 30.8. The first-order valence-electron chi connectivity index (χ1n) is 9.23. The third-order valence-corrected chi connectivity index (χ3v) is 4.57. The van der Waals surface area contributed by atoms with Gasteiger partial charge in [-0.25, -0.2) is 9.78 Å². The molecule has 1 aromatic rings. The summed E-state index contributed by atoms with van der Waals surface area (Å²) in [7, 11) is 0. The Morgan fingerprint density at radius 3 is 2.76 bits per heavy atom. The van der Waals surface area contributed by atoms with E-state index in [1.54, 1.807) is 13.1 Å². The monoisotopic (exact) mass is 349 g/mol. The van der Waals surface area contributed by atoms with Crippen LogP contribution in [0.25, 0.3) is 0 Å². The highest BCUT2D eigenvalue weighted by atomic mass is 16.2. The Morgan fingerprint density at radius 1 is 1.32 bits per heavy atom. The summed E-state index contributed by atoms with van der Waals surface area (Å²) in [5, 5.41) is 5.54. The van der Waals surface area contributed by atoms with Crippen LogP contribution in [0.3, 0.4) is 0 Å². The van der Waals surface area contributed by atoms with Gasteiger partial charge in [0.25, 0.3) is 0 Å². The van der Waals surface area contributed by atoms with Crippen molar-refractivity contribution in [3.8, 4) is 0 Å². The molecule has 2 heterocycles. The van der Waals surface area contributed by atoms with Crippen molar-refractivity contribution in [2.24, 2.45) is 5.92 Å². The summed E-state index contributed by atoms with van der Waals surface area (Å²) in [6.45, 7) is 10.1. The fourth-order valence-electron chi connectivity index (χ4n) is 3.21. The first-order chi connectivity index (χ1) is 11.9. The number of nitrogens with one attached hydrogen (secondary N) is 2. The Kier molecular flexibility index (Phi) is 6.84. The van der Waals surface area contributed by atoms with Crippen molar-refractivity contribution < 1.29 is 9.59 Å². The third kappa shape index (κ3) is 5.47. The highest BCUT2D eigenvalue weighted by Crippen LogP contribution is 2.17. The largest absolute Gasteiger partial charge is 0.338 e. The van der Waals surface area contributed by atoms with Gasteiger partial charge in [-0.2, -0.15) is 0 Å². The van der Waals surface area contributed by atoms with Crippen molar-refractivity contribution in [1.29, 1.82) is 0 Å². The van der Waals surface area contributed by atoms with Crippen LogP contribution in [0, 0.1) is 5.92 Å². The van der Waals surface area contributed by atoms with Gasteiger partial charge in [-0.3, -0.25) is 4.79 Å². The van der Waals surface area contributed by atoms with Crippen LogP contribution in [0.2, 0.25) is 0 Å². The van der Waals surface area contributed by atoms with Crippen LogP contribution in [0.1, 0.15) is 52.8 Å². The molecule has 0 aromatic carbocycles. The number of carbonyl (C=O) groups is 2. The van der Waals surface area contributed by atoms with Crippen molar-refractivity contribution in [1.82, 2.24) is 25.1 Å². The first-order valence-corrected chi connectivity index (χ1v) is 9.23. The molecule has 0 saturated carbocycles. The molecule has 0 radical (unpaired) electrons. The molecule has 25 heavy (non-hydrogen) atoms. The first kappa shape index (κ1) is 19.3. The molecule has 2 N–H and O–H groups in total. The van der Waals surface area contributed by atoms with E-state index in [1.165, 1.54) is 0 Å². The maximum atomic E-state index is 12.5. The number of aromatic nitrogens is 2. The number of piperidine rings is 1. The minimum atomic E-state index is -0.532. The van der Waals surface area contributed by atoms with Crippen molar-refractivity contribution in [3.63, 3.8) is 0 Å². The maximum absolute atomic E-state index is 12.5. The average molecular weight is 349 g/mol. The van der Waals surface area contributed by atoms with E-state index in [-0.39, 0.29) is 18.0 Å². The molecule has 1 fully saturated rings. The predicted octanol–water partition coefficient (Wildman–Crippen LogP) is 2.13. The van der Waals surface area contributed by atoms with Gasteiger partial charge in [-0.05, 0) is 39.0 Å². The highest BCUT2D eigenvalue weighted by molar-refractivity contribution is 5.86. The van der Waals surface area contributed by atoms with E-state index in [0.29, 0.717) is 12.5 Å². The minimum Gasteiger partial charge on any atom is -0.338 e. The van der Waals surface area contributed by atoms with Gasteiger partial charge in [0.1, 0.15) is 11.9 Å². The van der Waals surface area contributed by atoms with Crippen LogP contribution >= 0.6 is 0 Å². The van der Waals surface area contributed by atoms with E-state index in [1.807, 2.05) is 15.7 Å². The highest BCUT2D eigenvalue weighted by Gasteiger charge is 2.27. The Labute approximate surface area is 150 Å². The maximum Gasteiger partial charge on any atom is 0.315 e. The van der Waals surface area contributed by atoms with E-state index in [4.69, 9.17) is 0 Å². The second-order valence-electron chi connectivity index (χ2n) is 7.31. The van der Waals surface area contributed by atoms with Gasteiger partial charge >= 0.3 is 6.03 Å². The fraction of sp³-hybridized carbons (Fsp3) is 0.722. The zero-order valence-corrected chi connectivity index (χ0v) is 15.8. The molecule has 2 atom stereocenters. The number of carbonyl (C=O) groups excluding carboxylic acids is 2. The molecule has 2 rings (SSSR count). The lowest BCUT2D eigenvalue weighted by Crippen LogP contribution is -2.53. The van der Waals surface area contributed by atoms with E-state index in [0.717, 1.165) is 38.2 Å². The second kappa shape index (κ2) is 8.87. The lowest BCUT2D eigenvalue weighted by atomic mass is 10.0. The fourth-order valence-corrected chi connectivity index (χ4v) is 3.21. The van der Waals surface area contributed by atoms with E-state index < -0.39 is 6.04 Å². The molecule has 7 nitrogen and oxygen atoms in total. The van der Waals surface area contributed by atoms with Gasteiger partial charge in [-0.15, -0.1) is 0 Å². The molecule has 140 valence electrons. The van der Waals surface area contributed by atoms with Gasteiger partial charge in [0, 0.05) is 31.5 Å². The van der Waals surface area contributed by atoms with Crippen molar-refractivity contribution in [2.45, 2.75) is 72.1 Å². The number of amides is 3. The molecule has 1 aliphatic rings. The second-order valence-corrected chi connectivity index (χ2v) is 7.31. The molecule has 0 unspecified atom stereocenters. The summed E-state index contributed by atoms with van der Waals surface area (Å²) in [6.07, 6.45) is 6.88. The van der Waals surface area contributed by atoms with Crippen LogP contribution < -0.4 is 10.6 Å². The van der Waals surface area contributed by atoms with Crippen molar-refractivity contribution in [3.05, 3.63) is 18.2 Å². The van der Waals surface area contributed by atoms with Gasteiger partial charge in [0.15, 0.2) is 0 Å². The lowest BCUT2D eigenvalue weighted by molar-refractivity contribution is -0.136. The normalized spacial score (nSPS) is 18.9. The molecule has 0 spiro atoms. The Bertz CT molecular complexity index is 584. The molecule has 7 heteroatoms. The van der Waals surface area contributed by atoms with Crippen LogP contribution in [-0.2, 0) is 17.9 Å². The van der Waals surface area contributed by atoms with Crippen LogP contribution in [0.4, 0.5) is 4.79 Å². The van der Waals surface area contributed by atoms with Gasteiger partial charge < -0.3 is 20.1 Å². The van der Waals surface area contributed by atoms with E-state index >= 15 is 0 Å². The number of likely N-dealkylation sites (tertiary alicyclic amines) is 1. The lowest BCUT2D eigenvalue weighted by Gasteiger charge is -2.35. The molecule has 1 aromatic heterocycles. The zero-order valence-electron chi connectivity index (χ0n) is 15.8. The Hall–Kier alpha value is -2.05. The van der Waals surface area contributed by atoms with Crippen LogP contribution in [0.15, 0.2) is 12.4 Å². The SMILES string of the molecule is CC(C)Cn1ccnc1CNC(=O)N[C@H](C)C(=O)N1CCCC[C@H]1C.